The first-order valence-electron chi connectivity index (χ1n) is 12.5. The van der Waals surface area contributed by atoms with E-state index in [4.69, 9.17) is 0 Å². The molecule has 0 saturated heterocycles. The summed E-state index contributed by atoms with van der Waals surface area (Å²) in [5, 5.41) is 4.51. The molecule has 1 aromatic heterocycles. The van der Waals surface area contributed by atoms with E-state index >= 15 is 8.63 Å². The fourth-order valence-electron chi connectivity index (χ4n) is 5.30. The lowest BCUT2D eigenvalue weighted by Crippen LogP contribution is -2.48. The number of hydrogen-bond donors (Lipinski definition) is 0. The minimum absolute atomic E-state index is 0.479. The van der Waals surface area contributed by atoms with Gasteiger partial charge in [-0.1, -0.05) is 78.6 Å². The number of hydrogen-bond acceptors (Lipinski definition) is 0. The van der Waals surface area contributed by atoms with Crippen LogP contribution in [0.25, 0.3) is 32.7 Å². The Bertz CT molecular complexity index is 1960. The van der Waals surface area contributed by atoms with Crippen LogP contribution in [0.1, 0.15) is 16.8 Å². The highest BCUT2D eigenvalue weighted by Crippen LogP contribution is 2.37. The lowest BCUT2D eigenvalue weighted by molar-refractivity contribution is -0.356. The van der Waals surface area contributed by atoms with E-state index in [1.807, 2.05) is 42.5 Å². The molecular formula is C33H21BF2N2. The Morgan fingerprint density at radius 1 is 0.789 bits per heavy atom. The van der Waals surface area contributed by atoms with Gasteiger partial charge in [-0.05, 0) is 69.7 Å². The smallest absolute Gasteiger partial charge is 0.396 e. The molecule has 0 fully saturated rings. The van der Waals surface area contributed by atoms with Crippen LogP contribution < -0.4 is 0 Å². The Hall–Kier alpha value is -4.95. The first-order valence-corrected chi connectivity index (χ1v) is 12.5. The minimum Gasteiger partial charge on any atom is -0.396 e. The Balaban J connectivity index is 1.43. The van der Waals surface area contributed by atoms with E-state index in [0.717, 1.165) is 47.2 Å². The molecule has 0 unspecified atom stereocenters. The third kappa shape index (κ3) is 3.62. The van der Waals surface area contributed by atoms with E-state index < -0.39 is 6.97 Å². The Labute approximate surface area is 219 Å². The number of halogens is 2. The summed E-state index contributed by atoms with van der Waals surface area (Å²) in [6.07, 6.45) is 8.25. The maximum absolute atomic E-state index is 15.3. The van der Waals surface area contributed by atoms with E-state index in [9.17, 15) is 0 Å². The van der Waals surface area contributed by atoms with Gasteiger partial charge in [0.2, 0.25) is 0 Å². The number of allylic oxidation sites excluding steroid dienone is 5. The van der Waals surface area contributed by atoms with Gasteiger partial charge in [-0.2, -0.15) is 0 Å². The number of nitrogens with zero attached hydrogens (tertiary/aromatic N) is 2. The molecule has 0 atom stereocenters. The molecule has 7 rings (SSSR count). The normalized spacial score (nSPS) is 15.7. The summed E-state index contributed by atoms with van der Waals surface area (Å²) >= 11 is 0. The van der Waals surface area contributed by atoms with Gasteiger partial charge in [-0.15, -0.1) is 0 Å². The third-order valence-corrected chi connectivity index (χ3v) is 7.22. The SMILES string of the molecule is F[B-]1(F)n2cccc2C(/C=C(\C#Cc2ccc3ccccc3c2)c2ccc3ccccc3c2)=C2C=CC=[N+]21. The first-order chi connectivity index (χ1) is 18.6. The molecule has 0 amide bonds. The maximum Gasteiger partial charge on any atom is 0.737 e. The van der Waals surface area contributed by atoms with Gasteiger partial charge in [0.25, 0.3) is 0 Å². The Morgan fingerprint density at radius 3 is 2.29 bits per heavy atom. The average Bonchev–Trinajstić information content (AvgIpc) is 3.64. The predicted octanol–water partition coefficient (Wildman–Crippen LogP) is 7.53. The first kappa shape index (κ1) is 22.3. The average molecular weight is 494 g/mol. The van der Waals surface area contributed by atoms with Crippen molar-refractivity contribution in [3.8, 4) is 11.8 Å². The van der Waals surface area contributed by atoms with Gasteiger partial charge in [0, 0.05) is 29.0 Å². The lowest BCUT2D eigenvalue weighted by atomic mass is 9.87. The van der Waals surface area contributed by atoms with Gasteiger partial charge in [0.05, 0.1) is 5.57 Å². The summed E-state index contributed by atoms with van der Waals surface area (Å²) < 4.78 is 32.7. The van der Waals surface area contributed by atoms with Crippen LogP contribution in [-0.4, -0.2) is 22.1 Å². The van der Waals surface area contributed by atoms with Crippen LogP contribution in [0, 0.1) is 11.8 Å². The van der Waals surface area contributed by atoms with Crippen LogP contribution in [0.5, 0.6) is 0 Å². The van der Waals surface area contributed by atoms with Crippen LogP contribution in [0.4, 0.5) is 8.63 Å². The van der Waals surface area contributed by atoms with E-state index in [1.54, 1.807) is 24.3 Å². The molecule has 0 saturated carbocycles. The molecule has 5 heteroatoms. The largest absolute Gasteiger partial charge is 0.737 e. The van der Waals surface area contributed by atoms with Crippen molar-refractivity contribution in [2.24, 2.45) is 0 Å². The molecule has 4 aromatic carbocycles. The predicted molar refractivity (Wildman–Crippen MR) is 153 cm³/mol. The third-order valence-electron chi connectivity index (χ3n) is 7.22. The van der Waals surface area contributed by atoms with Crippen molar-refractivity contribution in [3.05, 3.63) is 144 Å². The van der Waals surface area contributed by atoms with Gasteiger partial charge >= 0.3 is 6.97 Å². The van der Waals surface area contributed by atoms with Crippen molar-refractivity contribution in [2.75, 3.05) is 0 Å². The zero-order valence-corrected chi connectivity index (χ0v) is 20.4. The van der Waals surface area contributed by atoms with Gasteiger partial charge in [0.1, 0.15) is 6.21 Å². The summed E-state index contributed by atoms with van der Waals surface area (Å²) in [6.45, 7) is -3.95. The lowest BCUT2D eigenvalue weighted by Gasteiger charge is -2.30. The second kappa shape index (κ2) is 8.57. The topological polar surface area (TPSA) is 7.94 Å². The van der Waals surface area contributed by atoms with Crippen LogP contribution >= 0.6 is 0 Å². The zero-order valence-electron chi connectivity index (χ0n) is 20.4. The second-order valence-corrected chi connectivity index (χ2v) is 9.54. The molecule has 0 radical (unpaired) electrons. The summed E-state index contributed by atoms with van der Waals surface area (Å²) in [5.41, 5.74) is 4.26. The maximum atomic E-state index is 15.3. The molecule has 2 aliphatic rings. The molecular weight excluding hydrogens is 473 g/mol. The monoisotopic (exact) mass is 494 g/mol. The van der Waals surface area contributed by atoms with Crippen LogP contribution in [0.2, 0.25) is 0 Å². The van der Waals surface area contributed by atoms with Gasteiger partial charge in [-0.3, -0.25) is 0 Å². The standard InChI is InChI=1S/C33H21BF2N2/c35-34(36)37-19-5-11-32(37)31(33-12-6-20-38(33)34)23-30(29-18-17-26-8-2-4-10-28(26)22-29)16-14-24-13-15-25-7-1-3-9-27(25)21-24/h1-13,15,17-23H/b30-23+. The highest BCUT2D eigenvalue weighted by molar-refractivity contribution is 6.57. The van der Waals surface area contributed by atoms with Crippen molar-refractivity contribution < 1.29 is 13.1 Å². The fraction of sp³-hybridized carbons (Fsp3) is 0. The van der Waals surface area contributed by atoms with E-state index in [-0.39, 0.29) is 0 Å². The highest BCUT2D eigenvalue weighted by Gasteiger charge is 2.51. The van der Waals surface area contributed by atoms with Crippen LogP contribution in [0.15, 0.2) is 127 Å². The fourth-order valence-corrected chi connectivity index (χ4v) is 5.30. The number of rotatable bonds is 2. The molecule has 0 bridgehead atoms. The molecule has 5 aromatic rings. The molecule has 0 spiro atoms. The minimum atomic E-state index is -3.95. The number of benzene rings is 4. The van der Waals surface area contributed by atoms with Gasteiger partial charge in [0.15, 0.2) is 5.70 Å². The summed E-state index contributed by atoms with van der Waals surface area (Å²) in [7, 11) is 0. The molecule has 38 heavy (non-hydrogen) atoms. The van der Waals surface area contributed by atoms with Crippen LogP contribution in [-0.2, 0) is 0 Å². The van der Waals surface area contributed by atoms with Crippen LogP contribution in [0.3, 0.4) is 0 Å². The van der Waals surface area contributed by atoms with E-state index in [2.05, 4.69) is 60.4 Å². The van der Waals surface area contributed by atoms with Crippen molar-refractivity contribution in [1.82, 2.24) is 4.48 Å². The van der Waals surface area contributed by atoms with Crippen molar-refractivity contribution in [3.63, 3.8) is 0 Å². The molecule has 2 nitrogen and oxygen atoms in total. The molecule has 3 heterocycles. The van der Waals surface area contributed by atoms with Crippen molar-refractivity contribution in [1.29, 1.82) is 0 Å². The molecule has 0 N–H and O–H groups in total. The number of aromatic nitrogens is 1. The number of fused-ring (bicyclic) bond motifs is 4. The summed E-state index contributed by atoms with van der Waals surface area (Å²) in [5.74, 6) is 6.72. The Kier molecular flexibility index (Phi) is 5.02. The zero-order chi connectivity index (χ0) is 25.7. The quantitative estimate of drug-likeness (QED) is 0.177. The highest BCUT2D eigenvalue weighted by atomic mass is 19.2. The molecule has 0 aliphatic carbocycles. The summed E-state index contributed by atoms with van der Waals surface area (Å²) in [6, 6.07) is 32.1. The van der Waals surface area contributed by atoms with Crippen molar-refractivity contribution >= 4 is 45.9 Å². The second-order valence-electron chi connectivity index (χ2n) is 9.54. The molecule has 2 aliphatic heterocycles. The molecule has 180 valence electrons. The Morgan fingerprint density at radius 2 is 1.50 bits per heavy atom. The van der Waals surface area contributed by atoms with Crippen molar-refractivity contribution in [2.45, 2.75) is 0 Å². The van der Waals surface area contributed by atoms with E-state index in [0.29, 0.717) is 17.0 Å². The van der Waals surface area contributed by atoms with Gasteiger partial charge in [-0.25, -0.2) is 0 Å². The van der Waals surface area contributed by atoms with E-state index in [1.165, 1.54) is 12.4 Å². The summed E-state index contributed by atoms with van der Waals surface area (Å²) in [4.78, 5) is 0. The van der Waals surface area contributed by atoms with Gasteiger partial charge < -0.3 is 17.6 Å².